The molecule has 0 saturated carbocycles. The first kappa shape index (κ1) is 19.8. The monoisotopic (exact) mass is 399 g/mol. The van der Waals surface area contributed by atoms with Crippen LogP contribution in [-0.4, -0.2) is 47.6 Å². The molecule has 2 aromatic carbocycles. The normalized spacial score (nSPS) is 10.6. The van der Waals surface area contributed by atoms with Crippen LogP contribution in [-0.2, 0) is 7.05 Å². The second-order valence-electron chi connectivity index (χ2n) is 5.87. The van der Waals surface area contributed by atoms with Crippen LogP contribution in [0.1, 0.15) is 10.4 Å². The first-order chi connectivity index (χ1) is 13.6. The van der Waals surface area contributed by atoms with E-state index < -0.39 is 0 Å². The number of thioether (sulfide) groups is 1. The minimum Gasteiger partial charge on any atom is -0.497 e. The van der Waals surface area contributed by atoms with Crippen LogP contribution in [0, 0.1) is 0 Å². The lowest BCUT2D eigenvalue weighted by Gasteiger charge is -2.09. The van der Waals surface area contributed by atoms with E-state index in [0.717, 1.165) is 17.1 Å². The Balaban J connectivity index is 1.73. The largest absolute Gasteiger partial charge is 0.497 e. The summed E-state index contributed by atoms with van der Waals surface area (Å²) in [6, 6.07) is 12.7. The van der Waals surface area contributed by atoms with Crippen molar-refractivity contribution in [3.8, 4) is 28.6 Å². The number of ether oxygens (including phenoxy) is 3. The molecule has 8 heteroatoms. The molecule has 0 unspecified atom stereocenters. The summed E-state index contributed by atoms with van der Waals surface area (Å²) in [6.07, 6.45) is 0. The van der Waals surface area contributed by atoms with E-state index in [-0.39, 0.29) is 11.5 Å². The van der Waals surface area contributed by atoms with E-state index in [1.165, 1.54) is 18.9 Å². The van der Waals surface area contributed by atoms with Crippen molar-refractivity contribution >= 4 is 17.5 Å². The average molecular weight is 399 g/mol. The van der Waals surface area contributed by atoms with Crippen molar-refractivity contribution in [2.45, 2.75) is 5.16 Å². The Labute approximate surface area is 167 Å². The lowest BCUT2D eigenvalue weighted by Crippen LogP contribution is -2.06. The maximum Gasteiger partial charge on any atom is 0.191 e. The Bertz CT molecular complexity index is 970. The molecule has 0 spiro atoms. The summed E-state index contributed by atoms with van der Waals surface area (Å²) in [7, 11) is 6.60. The van der Waals surface area contributed by atoms with E-state index >= 15 is 0 Å². The Kier molecular flexibility index (Phi) is 6.20. The van der Waals surface area contributed by atoms with Gasteiger partial charge < -0.3 is 18.8 Å². The van der Waals surface area contributed by atoms with E-state index in [4.69, 9.17) is 14.2 Å². The highest BCUT2D eigenvalue weighted by atomic mass is 32.2. The second kappa shape index (κ2) is 8.79. The summed E-state index contributed by atoms with van der Waals surface area (Å²) in [5.41, 5.74) is 1.43. The first-order valence-corrected chi connectivity index (χ1v) is 9.47. The number of methoxy groups -OCH3 is 3. The summed E-state index contributed by atoms with van der Waals surface area (Å²) in [6.45, 7) is 0. The van der Waals surface area contributed by atoms with Crippen molar-refractivity contribution in [2.75, 3.05) is 27.1 Å². The van der Waals surface area contributed by atoms with E-state index in [1.807, 2.05) is 35.9 Å². The molecule has 1 aromatic heterocycles. The summed E-state index contributed by atoms with van der Waals surface area (Å²) < 4.78 is 17.5. The third kappa shape index (κ3) is 4.12. The number of benzene rings is 2. The maximum atomic E-state index is 12.6. The lowest BCUT2D eigenvalue weighted by atomic mass is 10.1. The van der Waals surface area contributed by atoms with Crippen molar-refractivity contribution in [3.63, 3.8) is 0 Å². The van der Waals surface area contributed by atoms with Crippen LogP contribution in [0.25, 0.3) is 11.4 Å². The van der Waals surface area contributed by atoms with Crippen LogP contribution in [0.2, 0.25) is 0 Å². The van der Waals surface area contributed by atoms with Gasteiger partial charge in [0.05, 0.1) is 32.6 Å². The van der Waals surface area contributed by atoms with Gasteiger partial charge in [0, 0.05) is 18.7 Å². The van der Waals surface area contributed by atoms with E-state index in [9.17, 15) is 4.79 Å². The molecule has 0 amide bonds. The summed E-state index contributed by atoms with van der Waals surface area (Å²) in [4.78, 5) is 12.6. The molecule has 0 saturated heterocycles. The fraction of sp³-hybridized carbons (Fsp3) is 0.250. The Hall–Kier alpha value is -3.00. The molecule has 28 heavy (non-hydrogen) atoms. The smallest absolute Gasteiger partial charge is 0.191 e. The van der Waals surface area contributed by atoms with Crippen LogP contribution in [0.3, 0.4) is 0 Å². The van der Waals surface area contributed by atoms with Gasteiger partial charge in [0.25, 0.3) is 0 Å². The molecular weight excluding hydrogens is 378 g/mol. The van der Waals surface area contributed by atoms with E-state index in [0.29, 0.717) is 22.2 Å². The van der Waals surface area contributed by atoms with E-state index in [2.05, 4.69) is 10.2 Å². The highest BCUT2D eigenvalue weighted by Gasteiger charge is 2.17. The summed E-state index contributed by atoms with van der Waals surface area (Å²) >= 11 is 1.33. The number of aromatic nitrogens is 3. The highest BCUT2D eigenvalue weighted by Crippen LogP contribution is 2.28. The molecular formula is C20H21N3O4S. The molecule has 0 atom stereocenters. The fourth-order valence-electron chi connectivity index (χ4n) is 2.67. The van der Waals surface area contributed by atoms with E-state index in [1.54, 1.807) is 32.4 Å². The predicted octanol–water partition coefficient (Wildman–Crippen LogP) is 3.48. The maximum absolute atomic E-state index is 12.6. The van der Waals surface area contributed by atoms with Crippen molar-refractivity contribution in [1.82, 2.24) is 14.8 Å². The Morgan fingerprint density at radius 2 is 1.64 bits per heavy atom. The third-order valence-corrected chi connectivity index (χ3v) is 5.24. The summed E-state index contributed by atoms with van der Waals surface area (Å²) in [5, 5.41) is 9.12. The Morgan fingerprint density at radius 1 is 0.964 bits per heavy atom. The first-order valence-electron chi connectivity index (χ1n) is 8.49. The number of hydrogen-bond donors (Lipinski definition) is 0. The van der Waals surface area contributed by atoms with Gasteiger partial charge in [-0.1, -0.05) is 11.8 Å². The molecule has 7 nitrogen and oxygen atoms in total. The zero-order valence-electron chi connectivity index (χ0n) is 16.1. The number of ketones is 1. The number of carbonyl (C=O) groups is 1. The van der Waals surface area contributed by atoms with Crippen molar-refractivity contribution < 1.29 is 19.0 Å². The molecule has 0 aliphatic carbocycles. The van der Waals surface area contributed by atoms with Crippen LogP contribution in [0.15, 0.2) is 47.6 Å². The standard InChI is InChI=1S/C20H21N3O4S/c1-23-19(13-5-7-14(25-2)8-6-13)21-22-20(23)28-12-17(24)16-10-9-15(26-3)11-18(16)27-4/h5-11H,12H2,1-4H3. The average Bonchev–Trinajstić information content (AvgIpc) is 3.11. The molecule has 0 aliphatic rings. The SMILES string of the molecule is COc1ccc(-c2nnc(SCC(=O)c3ccc(OC)cc3OC)n2C)cc1. The fourth-order valence-corrected chi connectivity index (χ4v) is 3.46. The van der Waals surface area contributed by atoms with Crippen LogP contribution in [0.4, 0.5) is 0 Å². The molecule has 3 rings (SSSR count). The van der Waals surface area contributed by atoms with Gasteiger partial charge in [-0.2, -0.15) is 0 Å². The minimum atomic E-state index is -0.0569. The van der Waals surface area contributed by atoms with Crippen molar-refractivity contribution in [3.05, 3.63) is 48.0 Å². The Morgan fingerprint density at radius 3 is 2.29 bits per heavy atom. The molecule has 0 bridgehead atoms. The molecule has 0 N–H and O–H groups in total. The lowest BCUT2D eigenvalue weighted by molar-refractivity contribution is 0.101. The molecule has 0 fully saturated rings. The van der Waals surface area contributed by atoms with Gasteiger partial charge in [-0.15, -0.1) is 10.2 Å². The highest BCUT2D eigenvalue weighted by molar-refractivity contribution is 7.99. The number of carbonyl (C=O) groups excluding carboxylic acids is 1. The third-order valence-electron chi connectivity index (χ3n) is 4.22. The van der Waals surface area contributed by atoms with Gasteiger partial charge in [-0.25, -0.2) is 0 Å². The zero-order valence-corrected chi connectivity index (χ0v) is 16.9. The summed E-state index contributed by atoms with van der Waals surface area (Å²) in [5.74, 6) is 2.79. The number of Topliss-reactive ketones (excluding diaryl/α,β-unsaturated/α-hetero) is 1. The van der Waals surface area contributed by atoms with Gasteiger partial charge in [0.1, 0.15) is 17.2 Å². The number of rotatable bonds is 8. The molecule has 1 heterocycles. The quantitative estimate of drug-likeness (QED) is 0.424. The molecule has 3 aromatic rings. The van der Waals surface area contributed by atoms with Crippen molar-refractivity contribution in [2.24, 2.45) is 7.05 Å². The molecule has 146 valence electrons. The van der Waals surface area contributed by atoms with Gasteiger partial charge >= 0.3 is 0 Å². The van der Waals surface area contributed by atoms with Gasteiger partial charge in [-0.3, -0.25) is 4.79 Å². The van der Waals surface area contributed by atoms with Gasteiger partial charge in [-0.05, 0) is 36.4 Å². The topological polar surface area (TPSA) is 75.5 Å². The number of hydrogen-bond acceptors (Lipinski definition) is 7. The van der Waals surface area contributed by atoms with Gasteiger partial charge in [0.15, 0.2) is 16.8 Å². The predicted molar refractivity (Wildman–Crippen MR) is 108 cm³/mol. The van der Waals surface area contributed by atoms with Crippen molar-refractivity contribution in [1.29, 1.82) is 0 Å². The minimum absolute atomic E-state index is 0.0569. The zero-order chi connectivity index (χ0) is 20.1. The van der Waals surface area contributed by atoms with Crippen LogP contribution in [0.5, 0.6) is 17.2 Å². The molecule has 0 aliphatic heterocycles. The molecule has 0 radical (unpaired) electrons. The van der Waals surface area contributed by atoms with Crippen LogP contribution >= 0.6 is 11.8 Å². The van der Waals surface area contributed by atoms with Crippen LogP contribution < -0.4 is 14.2 Å². The number of nitrogens with zero attached hydrogens (tertiary/aromatic N) is 3. The van der Waals surface area contributed by atoms with Gasteiger partial charge in [0.2, 0.25) is 0 Å². The second-order valence-corrected chi connectivity index (χ2v) is 6.81.